The second kappa shape index (κ2) is 7.86. The van der Waals surface area contributed by atoms with Crippen LogP contribution in [0.3, 0.4) is 0 Å². The van der Waals surface area contributed by atoms with Gasteiger partial charge in [0, 0.05) is 38.6 Å². The van der Waals surface area contributed by atoms with E-state index in [1.165, 1.54) is 4.90 Å². The molecule has 1 saturated heterocycles. The van der Waals surface area contributed by atoms with Crippen LogP contribution in [-0.2, 0) is 12.4 Å². The topological polar surface area (TPSA) is 15.3 Å². The van der Waals surface area contributed by atoms with Crippen LogP contribution in [-0.4, -0.2) is 37.3 Å². The molecule has 0 aromatic heterocycles. The summed E-state index contributed by atoms with van der Waals surface area (Å²) < 4.78 is 117. The quantitative estimate of drug-likeness (QED) is 0.705. The lowest BCUT2D eigenvalue weighted by atomic mass is 9.92. The van der Waals surface area contributed by atoms with Crippen molar-refractivity contribution in [1.82, 2.24) is 10.2 Å². The fourth-order valence-electron chi connectivity index (χ4n) is 3.10. The van der Waals surface area contributed by atoms with Gasteiger partial charge in [0.25, 0.3) is 0 Å². The van der Waals surface area contributed by atoms with Crippen LogP contribution in [0, 0.1) is 0 Å². The zero-order valence-electron chi connectivity index (χ0n) is 13.9. The molecule has 1 aliphatic rings. The van der Waals surface area contributed by atoms with Gasteiger partial charge in [0.15, 0.2) is 0 Å². The van der Waals surface area contributed by atoms with Gasteiger partial charge in [-0.05, 0) is 30.2 Å². The van der Waals surface area contributed by atoms with Crippen LogP contribution in [0.2, 0.25) is 0 Å². The highest BCUT2D eigenvalue weighted by atomic mass is 19.4. The zero-order chi connectivity index (χ0) is 20.5. The molecule has 154 valence electrons. The highest BCUT2D eigenvalue weighted by Gasteiger charge is 2.41. The summed E-state index contributed by atoms with van der Waals surface area (Å²) in [5, 5.41) is 2.91. The maximum atomic E-state index is 13.3. The number of rotatable bonds is 4. The molecular formula is C16H17F9N2. The van der Waals surface area contributed by atoms with E-state index in [2.05, 4.69) is 5.32 Å². The van der Waals surface area contributed by atoms with Crippen molar-refractivity contribution < 1.29 is 39.5 Å². The standard InChI is InChI=1S/C16H17F9N2/c17-14(18,19)4-3-13(27-7-5-26-6-8-27)11-9-10(15(20,21)22)1-2-12(11)16(23,24)25/h1-2,9,13,26H,3-8H2/t13-/m0/s1. The third kappa shape index (κ3) is 6.00. The number of halogens is 9. The monoisotopic (exact) mass is 408 g/mol. The normalized spacial score (nSPS) is 18.6. The Kier molecular flexibility index (Phi) is 6.35. The largest absolute Gasteiger partial charge is 0.416 e. The van der Waals surface area contributed by atoms with Crippen LogP contribution in [0.15, 0.2) is 18.2 Å². The van der Waals surface area contributed by atoms with Crippen LogP contribution in [0.4, 0.5) is 39.5 Å². The van der Waals surface area contributed by atoms with Gasteiger partial charge in [-0.15, -0.1) is 0 Å². The Morgan fingerprint density at radius 2 is 1.48 bits per heavy atom. The zero-order valence-corrected chi connectivity index (χ0v) is 13.9. The number of hydrogen-bond donors (Lipinski definition) is 1. The van der Waals surface area contributed by atoms with Gasteiger partial charge < -0.3 is 5.32 Å². The Labute approximate surface area is 149 Å². The van der Waals surface area contributed by atoms with Gasteiger partial charge in [0.1, 0.15) is 0 Å². The average Bonchev–Trinajstić information content (AvgIpc) is 2.53. The molecule has 1 aromatic carbocycles. The molecule has 0 spiro atoms. The summed E-state index contributed by atoms with van der Waals surface area (Å²) in [6.45, 7) is 0.914. The molecule has 2 nitrogen and oxygen atoms in total. The molecule has 1 aliphatic heterocycles. The number of nitrogens with one attached hydrogen (secondary N) is 1. The van der Waals surface area contributed by atoms with E-state index in [0.29, 0.717) is 31.3 Å². The first-order valence-corrected chi connectivity index (χ1v) is 8.09. The third-order valence-electron chi connectivity index (χ3n) is 4.34. The second-order valence-electron chi connectivity index (χ2n) is 6.25. The van der Waals surface area contributed by atoms with E-state index in [1.807, 2.05) is 0 Å². The van der Waals surface area contributed by atoms with E-state index in [-0.39, 0.29) is 13.1 Å². The number of hydrogen-bond acceptors (Lipinski definition) is 2. The molecule has 0 saturated carbocycles. The van der Waals surface area contributed by atoms with E-state index in [4.69, 9.17) is 0 Å². The molecule has 1 aromatic rings. The van der Waals surface area contributed by atoms with Crippen LogP contribution in [0.1, 0.15) is 35.6 Å². The first-order valence-electron chi connectivity index (χ1n) is 8.09. The predicted molar refractivity (Wildman–Crippen MR) is 78.9 cm³/mol. The summed E-state index contributed by atoms with van der Waals surface area (Å²) in [7, 11) is 0. The maximum absolute atomic E-state index is 13.3. The summed E-state index contributed by atoms with van der Waals surface area (Å²) in [6, 6.07) is -0.509. The van der Waals surface area contributed by atoms with Gasteiger partial charge in [0.05, 0.1) is 11.1 Å². The molecular weight excluding hydrogens is 391 g/mol. The van der Waals surface area contributed by atoms with Gasteiger partial charge >= 0.3 is 18.5 Å². The van der Waals surface area contributed by atoms with E-state index >= 15 is 0 Å². The first-order chi connectivity index (χ1) is 12.3. The Balaban J connectivity index is 2.52. The van der Waals surface area contributed by atoms with Crippen LogP contribution >= 0.6 is 0 Å². The molecule has 0 radical (unpaired) electrons. The van der Waals surface area contributed by atoms with E-state index in [0.717, 1.165) is 0 Å². The lowest BCUT2D eigenvalue weighted by molar-refractivity contribution is -0.144. The molecule has 0 bridgehead atoms. The second-order valence-corrected chi connectivity index (χ2v) is 6.25. The molecule has 1 atom stereocenters. The van der Waals surface area contributed by atoms with Crippen molar-refractivity contribution in [3.05, 3.63) is 34.9 Å². The Hall–Kier alpha value is -1.49. The van der Waals surface area contributed by atoms with E-state index in [1.54, 1.807) is 0 Å². The minimum atomic E-state index is -4.98. The molecule has 0 unspecified atom stereocenters. The lowest BCUT2D eigenvalue weighted by Crippen LogP contribution is -2.45. The number of piperazine rings is 1. The van der Waals surface area contributed by atoms with Crippen LogP contribution in [0.5, 0.6) is 0 Å². The van der Waals surface area contributed by atoms with Crippen molar-refractivity contribution in [2.24, 2.45) is 0 Å². The number of nitrogens with zero attached hydrogens (tertiary/aromatic N) is 1. The number of benzene rings is 1. The van der Waals surface area contributed by atoms with Crippen molar-refractivity contribution in [2.45, 2.75) is 37.4 Å². The smallest absolute Gasteiger partial charge is 0.314 e. The Bertz CT molecular complexity index is 628. The minimum Gasteiger partial charge on any atom is -0.314 e. The maximum Gasteiger partial charge on any atom is 0.416 e. The van der Waals surface area contributed by atoms with Crippen molar-refractivity contribution in [3.8, 4) is 0 Å². The van der Waals surface area contributed by atoms with Crippen molar-refractivity contribution in [1.29, 1.82) is 0 Å². The van der Waals surface area contributed by atoms with E-state index < -0.39 is 54.1 Å². The average molecular weight is 408 g/mol. The molecule has 0 aliphatic carbocycles. The number of alkyl halides is 9. The highest BCUT2D eigenvalue weighted by molar-refractivity contribution is 5.38. The fraction of sp³-hybridized carbons (Fsp3) is 0.625. The molecule has 1 heterocycles. The van der Waals surface area contributed by atoms with Gasteiger partial charge in [-0.2, -0.15) is 39.5 Å². The lowest BCUT2D eigenvalue weighted by Gasteiger charge is -2.36. The third-order valence-corrected chi connectivity index (χ3v) is 4.34. The molecule has 0 amide bonds. The van der Waals surface area contributed by atoms with Crippen molar-refractivity contribution in [2.75, 3.05) is 26.2 Å². The highest BCUT2D eigenvalue weighted by Crippen LogP contribution is 2.42. The van der Waals surface area contributed by atoms with Gasteiger partial charge in [-0.25, -0.2) is 0 Å². The minimum absolute atomic E-state index is 0.135. The molecule has 11 heteroatoms. The summed E-state index contributed by atoms with van der Waals surface area (Å²) in [4.78, 5) is 1.37. The summed E-state index contributed by atoms with van der Waals surface area (Å²) in [5.74, 6) is 0. The molecule has 1 fully saturated rings. The Morgan fingerprint density at radius 3 is 1.96 bits per heavy atom. The predicted octanol–water partition coefficient (Wildman–Crippen LogP) is 5.01. The SMILES string of the molecule is FC(F)(F)CC[C@@H](c1cc(C(F)(F)F)ccc1C(F)(F)F)N1CCNCC1. The van der Waals surface area contributed by atoms with Crippen molar-refractivity contribution >= 4 is 0 Å². The first kappa shape index (κ1) is 21.8. The van der Waals surface area contributed by atoms with Crippen molar-refractivity contribution in [3.63, 3.8) is 0 Å². The molecule has 27 heavy (non-hydrogen) atoms. The summed E-state index contributed by atoms with van der Waals surface area (Å²) in [6.07, 6.45) is -16.7. The van der Waals surface area contributed by atoms with Crippen LogP contribution in [0.25, 0.3) is 0 Å². The summed E-state index contributed by atoms with van der Waals surface area (Å²) >= 11 is 0. The van der Waals surface area contributed by atoms with Gasteiger partial charge in [-0.1, -0.05) is 0 Å². The summed E-state index contributed by atoms with van der Waals surface area (Å²) in [5.41, 5.74) is -3.44. The van der Waals surface area contributed by atoms with Crippen LogP contribution < -0.4 is 5.32 Å². The van der Waals surface area contributed by atoms with Gasteiger partial charge in [0.2, 0.25) is 0 Å². The van der Waals surface area contributed by atoms with E-state index in [9.17, 15) is 39.5 Å². The fourth-order valence-corrected chi connectivity index (χ4v) is 3.10. The van der Waals surface area contributed by atoms with Gasteiger partial charge in [-0.3, -0.25) is 4.90 Å². The molecule has 1 N–H and O–H groups in total. The Morgan fingerprint density at radius 1 is 0.889 bits per heavy atom. The molecule has 2 rings (SSSR count).